The molecule has 0 spiro atoms. The summed E-state index contributed by atoms with van der Waals surface area (Å²) in [5.41, 5.74) is 7.87. The van der Waals surface area contributed by atoms with Crippen molar-refractivity contribution >= 4 is 12.4 Å². The first-order valence-electron chi connectivity index (χ1n) is 5.93. The molecule has 1 rings (SSSR count). The van der Waals surface area contributed by atoms with Gasteiger partial charge in [-0.2, -0.15) is 0 Å². The first-order valence-corrected chi connectivity index (χ1v) is 5.93. The van der Waals surface area contributed by atoms with Gasteiger partial charge in [0.25, 0.3) is 0 Å². The first-order chi connectivity index (χ1) is 7.45. The molecule has 0 fully saturated rings. The van der Waals surface area contributed by atoms with Crippen LogP contribution in [0, 0.1) is 0 Å². The summed E-state index contributed by atoms with van der Waals surface area (Å²) in [4.78, 5) is 0. The van der Waals surface area contributed by atoms with Gasteiger partial charge in [-0.05, 0) is 35.9 Å². The van der Waals surface area contributed by atoms with Gasteiger partial charge in [-0.15, -0.1) is 12.4 Å². The molecule has 0 aromatic heterocycles. The number of hydrogen-bond acceptors (Lipinski definition) is 2. The van der Waals surface area contributed by atoms with Gasteiger partial charge in [0.15, 0.2) is 0 Å². The quantitative estimate of drug-likeness (QED) is 0.870. The van der Waals surface area contributed by atoms with E-state index in [2.05, 4.69) is 32.9 Å². The fourth-order valence-corrected chi connectivity index (χ4v) is 1.68. The average Bonchev–Trinajstić information content (AvgIpc) is 2.25. The summed E-state index contributed by atoms with van der Waals surface area (Å²) < 4.78 is 0. The highest BCUT2D eigenvalue weighted by atomic mass is 35.5. The Labute approximate surface area is 111 Å². The maximum atomic E-state index is 9.89. The van der Waals surface area contributed by atoms with E-state index in [1.165, 1.54) is 5.56 Å². The van der Waals surface area contributed by atoms with Crippen molar-refractivity contribution in [3.63, 3.8) is 0 Å². The van der Waals surface area contributed by atoms with Crippen LogP contribution in [0.4, 0.5) is 0 Å². The molecule has 1 unspecified atom stereocenters. The van der Waals surface area contributed by atoms with Crippen molar-refractivity contribution in [1.82, 2.24) is 0 Å². The summed E-state index contributed by atoms with van der Waals surface area (Å²) >= 11 is 0. The van der Waals surface area contributed by atoms with E-state index in [-0.39, 0.29) is 23.9 Å². The van der Waals surface area contributed by atoms with Crippen LogP contribution in [0.25, 0.3) is 0 Å². The lowest BCUT2D eigenvalue weighted by atomic mass is 9.86. The molecule has 0 heterocycles. The number of nitrogens with two attached hydrogens (primary N) is 1. The van der Waals surface area contributed by atoms with Crippen LogP contribution in [0.2, 0.25) is 0 Å². The summed E-state index contributed by atoms with van der Waals surface area (Å²) in [5, 5.41) is 9.89. The minimum absolute atomic E-state index is 0. The predicted molar refractivity (Wildman–Crippen MR) is 75.6 cm³/mol. The van der Waals surface area contributed by atoms with Crippen LogP contribution in [-0.2, 0) is 5.41 Å². The van der Waals surface area contributed by atoms with Crippen molar-refractivity contribution in [2.24, 2.45) is 5.73 Å². The molecule has 0 saturated heterocycles. The van der Waals surface area contributed by atoms with E-state index in [9.17, 15) is 5.11 Å². The van der Waals surface area contributed by atoms with Gasteiger partial charge < -0.3 is 10.8 Å². The van der Waals surface area contributed by atoms with Crippen molar-refractivity contribution in [2.45, 2.75) is 45.1 Å². The molecule has 0 aliphatic carbocycles. The summed E-state index contributed by atoms with van der Waals surface area (Å²) in [6.45, 7) is 7.20. The van der Waals surface area contributed by atoms with Crippen LogP contribution in [-0.4, -0.2) is 11.7 Å². The van der Waals surface area contributed by atoms with Gasteiger partial charge in [0, 0.05) is 0 Å². The van der Waals surface area contributed by atoms with Gasteiger partial charge in [-0.1, -0.05) is 45.0 Å². The van der Waals surface area contributed by atoms with Crippen molar-refractivity contribution in [1.29, 1.82) is 0 Å². The van der Waals surface area contributed by atoms with Gasteiger partial charge >= 0.3 is 0 Å². The van der Waals surface area contributed by atoms with Gasteiger partial charge in [0.05, 0.1) is 6.10 Å². The smallest absolute Gasteiger partial charge is 0.0790 e. The minimum atomic E-state index is -0.377. The Morgan fingerprint density at radius 3 is 2.12 bits per heavy atom. The zero-order valence-corrected chi connectivity index (χ0v) is 11.8. The summed E-state index contributed by atoms with van der Waals surface area (Å²) in [5.74, 6) is 0. The third-order valence-corrected chi connectivity index (χ3v) is 2.84. The highest BCUT2D eigenvalue weighted by molar-refractivity contribution is 5.85. The lowest BCUT2D eigenvalue weighted by molar-refractivity contribution is 0.165. The van der Waals surface area contributed by atoms with E-state index in [4.69, 9.17) is 5.73 Å². The molecule has 98 valence electrons. The van der Waals surface area contributed by atoms with E-state index in [0.29, 0.717) is 6.54 Å². The van der Waals surface area contributed by atoms with E-state index in [0.717, 1.165) is 18.4 Å². The lowest BCUT2D eigenvalue weighted by Gasteiger charge is -2.20. The maximum absolute atomic E-state index is 9.89. The Hall–Kier alpha value is -0.570. The number of aliphatic hydroxyl groups is 1. The molecule has 1 atom stereocenters. The van der Waals surface area contributed by atoms with Gasteiger partial charge in [-0.25, -0.2) is 0 Å². The molecule has 0 saturated carbocycles. The van der Waals surface area contributed by atoms with Gasteiger partial charge in [-0.3, -0.25) is 0 Å². The summed E-state index contributed by atoms with van der Waals surface area (Å²) in [7, 11) is 0. The zero-order chi connectivity index (χ0) is 12.2. The summed E-state index contributed by atoms with van der Waals surface area (Å²) in [6, 6.07) is 8.23. The largest absolute Gasteiger partial charge is 0.388 e. The van der Waals surface area contributed by atoms with Crippen molar-refractivity contribution in [3.8, 4) is 0 Å². The fourth-order valence-electron chi connectivity index (χ4n) is 1.68. The second kappa shape index (κ2) is 7.00. The van der Waals surface area contributed by atoms with E-state index in [1.54, 1.807) is 0 Å². The second-order valence-electron chi connectivity index (χ2n) is 5.32. The van der Waals surface area contributed by atoms with Crippen LogP contribution in [0.5, 0.6) is 0 Å². The molecule has 3 N–H and O–H groups in total. The maximum Gasteiger partial charge on any atom is 0.0790 e. The highest BCUT2D eigenvalue weighted by Crippen LogP contribution is 2.25. The van der Waals surface area contributed by atoms with Crippen LogP contribution >= 0.6 is 12.4 Å². The SMILES string of the molecule is CC(C)(C)c1ccc(C(O)CCCN)cc1.Cl. The van der Waals surface area contributed by atoms with Crippen molar-refractivity contribution in [2.75, 3.05) is 6.54 Å². The normalized spacial score (nSPS) is 13.0. The summed E-state index contributed by atoms with van der Waals surface area (Å²) in [6.07, 6.45) is 1.23. The number of rotatable bonds is 4. The van der Waals surface area contributed by atoms with E-state index >= 15 is 0 Å². The van der Waals surface area contributed by atoms with E-state index in [1.807, 2.05) is 12.1 Å². The van der Waals surface area contributed by atoms with Crippen LogP contribution in [0.1, 0.15) is 50.8 Å². The Balaban J connectivity index is 0.00000256. The van der Waals surface area contributed by atoms with Crippen molar-refractivity contribution < 1.29 is 5.11 Å². The molecule has 0 amide bonds. The molecule has 1 aromatic carbocycles. The van der Waals surface area contributed by atoms with E-state index < -0.39 is 0 Å². The predicted octanol–water partition coefficient (Wildman–Crippen LogP) is 3.18. The first kappa shape index (κ1) is 16.4. The number of halogens is 1. The molecular formula is C14H24ClNO. The molecule has 0 aliphatic rings. The monoisotopic (exact) mass is 257 g/mol. The zero-order valence-electron chi connectivity index (χ0n) is 10.9. The minimum Gasteiger partial charge on any atom is -0.388 e. The number of benzene rings is 1. The molecule has 17 heavy (non-hydrogen) atoms. The third kappa shape index (κ3) is 5.07. The molecule has 3 heteroatoms. The van der Waals surface area contributed by atoms with Gasteiger partial charge in [0.2, 0.25) is 0 Å². The molecule has 2 nitrogen and oxygen atoms in total. The Kier molecular flexibility index (Phi) is 6.76. The van der Waals surface area contributed by atoms with Crippen LogP contribution < -0.4 is 5.73 Å². The number of aliphatic hydroxyl groups excluding tert-OH is 1. The molecule has 0 radical (unpaired) electrons. The standard InChI is InChI=1S/C14H23NO.ClH/c1-14(2,3)12-8-6-11(7-9-12)13(16)5-4-10-15;/h6-9,13,16H,4-5,10,15H2,1-3H3;1H. The lowest BCUT2D eigenvalue weighted by Crippen LogP contribution is -2.11. The van der Waals surface area contributed by atoms with Gasteiger partial charge in [0.1, 0.15) is 0 Å². The van der Waals surface area contributed by atoms with Crippen LogP contribution in [0.3, 0.4) is 0 Å². The molecule has 0 bridgehead atoms. The molecule has 1 aromatic rings. The fraction of sp³-hybridized carbons (Fsp3) is 0.571. The molecule has 0 aliphatic heterocycles. The van der Waals surface area contributed by atoms with Crippen LogP contribution in [0.15, 0.2) is 24.3 Å². The Morgan fingerprint density at radius 2 is 1.71 bits per heavy atom. The topological polar surface area (TPSA) is 46.2 Å². The highest BCUT2D eigenvalue weighted by Gasteiger charge is 2.14. The Morgan fingerprint density at radius 1 is 1.18 bits per heavy atom. The molecular weight excluding hydrogens is 234 g/mol. The Bertz CT molecular complexity index is 316. The second-order valence-corrected chi connectivity index (χ2v) is 5.32. The number of hydrogen-bond donors (Lipinski definition) is 2. The third-order valence-electron chi connectivity index (χ3n) is 2.84. The van der Waals surface area contributed by atoms with Crippen molar-refractivity contribution in [3.05, 3.63) is 35.4 Å². The average molecular weight is 258 g/mol.